The molecule has 0 saturated carbocycles. The van der Waals surface area contributed by atoms with Gasteiger partial charge >= 0.3 is 5.97 Å². The fraction of sp³-hybridized carbons (Fsp3) is 0.909. The number of methoxy groups -OCH3 is 2. The lowest BCUT2D eigenvalue weighted by molar-refractivity contribution is -0.252. The summed E-state index contributed by atoms with van der Waals surface area (Å²) in [6.45, 7) is -0.673. The van der Waals surface area contributed by atoms with E-state index in [0.717, 1.165) is 0 Å². The van der Waals surface area contributed by atoms with Crippen LogP contribution in [0.15, 0.2) is 0 Å². The van der Waals surface area contributed by atoms with Gasteiger partial charge in [0.1, 0.15) is 36.9 Å². The summed E-state index contributed by atoms with van der Waals surface area (Å²) in [4.78, 5) is 11.8. The van der Waals surface area contributed by atoms with E-state index in [2.05, 4.69) is 4.74 Å². The van der Waals surface area contributed by atoms with E-state index in [1.165, 1.54) is 14.2 Å². The predicted octanol–water partition coefficient (Wildman–Crippen LogP) is -2.37. The highest BCUT2D eigenvalue weighted by atomic mass is 16.7. The molecule has 0 bridgehead atoms. The van der Waals surface area contributed by atoms with Crippen LogP contribution in [0.5, 0.6) is 0 Å². The van der Waals surface area contributed by atoms with Crippen LogP contribution >= 0.6 is 0 Å². The molecule has 0 amide bonds. The van der Waals surface area contributed by atoms with Crippen LogP contribution < -0.4 is 0 Å². The van der Waals surface area contributed by atoms with Gasteiger partial charge in [-0.15, -0.1) is 0 Å². The molecule has 0 aromatic heterocycles. The van der Waals surface area contributed by atoms with Crippen molar-refractivity contribution in [2.24, 2.45) is 5.92 Å². The number of rotatable bonds is 4. The first-order valence-electron chi connectivity index (χ1n) is 5.90. The normalized spacial score (nSPS) is 45.2. The molecular weight excluding hydrogens is 260 g/mol. The number of ether oxygens (including phenoxy) is 4. The number of carbonyl (C=O) groups is 1. The molecule has 0 unspecified atom stereocenters. The summed E-state index contributed by atoms with van der Waals surface area (Å²) in [5.41, 5.74) is 0. The quantitative estimate of drug-likeness (QED) is 0.489. The second kappa shape index (κ2) is 5.31. The third-order valence-corrected chi connectivity index (χ3v) is 3.51. The van der Waals surface area contributed by atoms with Crippen molar-refractivity contribution in [2.75, 3.05) is 27.4 Å². The van der Waals surface area contributed by atoms with Crippen LogP contribution in [-0.2, 0) is 23.7 Å². The van der Waals surface area contributed by atoms with E-state index in [0.29, 0.717) is 0 Å². The molecule has 0 spiro atoms. The smallest absolute Gasteiger partial charge is 0.317 e. The second-order valence-corrected chi connectivity index (χ2v) is 4.67. The Morgan fingerprint density at radius 2 is 2.05 bits per heavy atom. The van der Waals surface area contributed by atoms with E-state index in [9.17, 15) is 15.0 Å². The Kier molecular flexibility index (Phi) is 4.09. The van der Waals surface area contributed by atoms with Gasteiger partial charge in [0.05, 0.1) is 13.7 Å². The SMILES string of the molecule is COC[C@]1(O)O[C@@H]2[C@H](O)[C@@H](CO)O[C@@H]2[C@H]1C(=O)OC. The maximum Gasteiger partial charge on any atom is 0.317 e. The molecule has 8 heteroatoms. The van der Waals surface area contributed by atoms with Gasteiger partial charge in [-0.05, 0) is 0 Å². The maximum atomic E-state index is 11.8. The Bertz CT molecular complexity index is 348. The van der Waals surface area contributed by atoms with E-state index in [1.54, 1.807) is 0 Å². The van der Waals surface area contributed by atoms with Crippen LogP contribution in [0.1, 0.15) is 0 Å². The van der Waals surface area contributed by atoms with Crippen LogP contribution in [0.2, 0.25) is 0 Å². The highest BCUT2D eigenvalue weighted by molar-refractivity contribution is 5.75. The van der Waals surface area contributed by atoms with Gasteiger partial charge in [0.25, 0.3) is 0 Å². The summed E-state index contributed by atoms with van der Waals surface area (Å²) >= 11 is 0. The van der Waals surface area contributed by atoms with Crippen LogP contribution in [0.3, 0.4) is 0 Å². The third kappa shape index (κ3) is 2.24. The van der Waals surface area contributed by atoms with Gasteiger partial charge in [-0.25, -0.2) is 0 Å². The molecule has 0 radical (unpaired) electrons. The van der Waals surface area contributed by atoms with Crippen molar-refractivity contribution >= 4 is 5.97 Å². The van der Waals surface area contributed by atoms with Crippen molar-refractivity contribution in [2.45, 2.75) is 30.2 Å². The number of esters is 1. The third-order valence-electron chi connectivity index (χ3n) is 3.51. The molecule has 6 atom stereocenters. The molecule has 0 aromatic carbocycles. The Balaban J connectivity index is 2.26. The summed E-state index contributed by atoms with van der Waals surface area (Å²) in [5.74, 6) is -3.79. The minimum Gasteiger partial charge on any atom is -0.469 e. The molecular formula is C11H18O8. The van der Waals surface area contributed by atoms with Gasteiger partial charge in [-0.3, -0.25) is 4.79 Å². The monoisotopic (exact) mass is 278 g/mol. The lowest BCUT2D eigenvalue weighted by atomic mass is 9.93. The van der Waals surface area contributed by atoms with Crippen LogP contribution in [0, 0.1) is 5.92 Å². The average molecular weight is 278 g/mol. The Labute approximate surface area is 109 Å². The van der Waals surface area contributed by atoms with Gasteiger partial charge < -0.3 is 34.3 Å². The van der Waals surface area contributed by atoms with Crippen molar-refractivity contribution in [3.63, 3.8) is 0 Å². The standard InChI is InChI=1S/C11H18O8/c1-16-4-11(15)6(10(14)17-2)8-9(19-11)7(13)5(3-12)18-8/h5-9,12-13,15H,3-4H2,1-2H3/t5-,6+,7-,8-,9-,11+/m1/s1. The minimum absolute atomic E-state index is 0.264. The van der Waals surface area contributed by atoms with Gasteiger partial charge in [0.15, 0.2) is 0 Å². The molecule has 2 rings (SSSR count). The fourth-order valence-corrected chi connectivity index (χ4v) is 2.66. The summed E-state index contributed by atoms with van der Waals surface area (Å²) in [7, 11) is 2.52. The summed E-state index contributed by atoms with van der Waals surface area (Å²) in [5, 5.41) is 29.3. The number of hydrogen-bond acceptors (Lipinski definition) is 8. The number of aliphatic hydroxyl groups is 3. The van der Waals surface area contributed by atoms with E-state index in [4.69, 9.17) is 19.3 Å². The highest BCUT2D eigenvalue weighted by Gasteiger charge is 2.65. The maximum absolute atomic E-state index is 11.8. The number of hydrogen-bond donors (Lipinski definition) is 3. The van der Waals surface area contributed by atoms with Gasteiger partial charge in [-0.2, -0.15) is 0 Å². The molecule has 2 aliphatic rings. The minimum atomic E-state index is -1.92. The fourth-order valence-electron chi connectivity index (χ4n) is 2.66. The highest BCUT2D eigenvalue weighted by Crippen LogP contribution is 2.43. The molecule has 3 N–H and O–H groups in total. The Morgan fingerprint density at radius 3 is 2.58 bits per heavy atom. The lowest BCUT2D eigenvalue weighted by Crippen LogP contribution is -2.48. The molecule has 0 aliphatic carbocycles. The number of aliphatic hydroxyl groups excluding tert-OH is 2. The molecule has 2 saturated heterocycles. The molecule has 110 valence electrons. The zero-order valence-electron chi connectivity index (χ0n) is 10.7. The van der Waals surface area contributed by atoms with E-state index < -0.39 is 48.7 Å². The van der Waals surface area contributed by atoms with Crippen molar-refractivity contribution < 1.29 is 39.1 Å². The molecule has 8 nitrogen and oxygen atoms in total. The molecule has 2 fully saturated rings. The van der Waals surface area contributed by atoms with Crippen molar-refractivity contribution in [1.29, 1.82) is 0 Å². The zero-order chi connectivity index (χ0) is 14.2. The first-order valence-corrected chi connectivity index (χ1v) is 5.90. The molecule has 2 heterocycles. The predicted molar refractivity (Wildman–Crippen MR) is 59.0 cm³/mol. The molecule has 0 aromatic rings. The van der Waals surface area contributed by atoms with Crippen molar-refractivity contribution in [3.05, 3.63) is 0 Å². The van der Waals surface area contributed by atoms with Gasteiger partial charge in [0.2, 0.25) is 5.79 Å². The zero-order valence-corrected chi connectivity index (χ0v) is 10.7. The Morgan fingerprint density at radius 1 is 1.37 bits per heavy atom. The van der Waals surface area contributed by atoms with E-state index in [-0.39, 0.29) is 6.61 Å². The van der Waals surface area contributed by atoms with Crippen LogP contribution in [0.25, 0.3) is 0 Å². The van der Waals surface area contributed by atoms with Crippen LogP contribution in [0.4, 0.5) is 0 Å². The topological polar surface area (TPSA) is 115 Å². The van der Waals surface area contributed by atoms with Crippen molar-refractivity contribution in [3.8, 4) is 0 Å². The summed E-state index contributed by atoms with van der Waals surface area (Å²) in [6.07, 6.45) is -3.79. The largest absolute Gasteiger partial charge is 0.469 e. The molecule has 19 heavy (non-hydrogen) atoms. The average Bonchev–Trinajstić information content (AvgIpc) is 2.82. The van der Waals surface area contributed by atoms with Gasteiger partial charge in [-0.1, -0.05) is 0 Å². The first-order chi connectivity index (χ1) is 8.98. The first kappa shape index (κ1) is 14.6. The summed E-state index contributed by atoms with van der Waals surface area (Å²) < 4.78 is 20.2. The lowest BCUT2D eigenvalue weighted by Gasteiger charge is -2.29. The number of fused-ring (bicyclic) bond motifs is 1. The van der Waals surface area contributed by atoms with Crippen molar-refractivity contribution in [1.82, 2.24) is 0 Å². The Hall–Kier alpha value is -0.770. The second-order valence-electron chi connectivity index (χ2n) is 4.67. The number of carbonyl (C=O) groups excluding carboxylic acids is 1. The van der Waals surface area contributed by atoms with E-state index >= 15 is 0 Å². The van der Waals surface area contributed by atoms with E-state index in [1.807, 2.05) is 0 Å². The van der Waals surface area contributed by atoms with Crippen LogP contribution in [-0.4, -0.2) is 78.9 Å². The summed E-state index contributed by atoms with van der Waals surface area (Å²) in [6, 6.07) is 0. The molecule has 2 aliphatic heterocycles. The van der Waals surface area contributed by atoms with Gasteiger partial charge in [0, 0.05) is 7.11 Å².